The Labute approximate surface area is 179 Å². The molecule has 2 N–H and O–H groups in total. The normalized spacial score (nSPS) is 21.1. The summed E-state index contributed by atoms with van der Waals surface area (Å²) in [5.74, 6) is -2.91. The monoisotopic (exact) mass is 453 g/mol. The molecule has 31 heavy (non-hydrogen) atoms. The van der Waals surface area contributed by atoms with E-state index < -0.39 is 46.1 Å². The summed E-state index contributed by atoms with van der Waals surface area (Å²) in [7, 11) is 0. The summed E-state index contributed by atoms with van der Waals surface area (Å²) in [6.45, 7) is 3.86. The molecule has 0 bridgehead atoms. The summed E-state index contributed by atoms with van der Waals surface area (Å²) in [6.07, 6.45) is 1.14. The maximum atomic E-state index is 12.6. The Morgan fingerprint density at radius 3 is 2.71 bits per heavy atom. The van der Waals surface area contributed by atoms with Crippen molar-refractivity contribution in [1.29, 1.82) is 0 Å². The number of hydrogen-bond acceptors (Lipinski definition) is 9. The molecule has 1 fully saturated rings. The van der Waals surface area contributed by atoms with Crippen LogP contribution in [0.15, 0.2) is 17.5 Å². The molecule has 14 heteroatoms. The summed E-state index contributed by atoms with van der Waals surface area (Å²) in [5, 5.41) is 26.4. The van der Waals surface area contributed by atoms with Gasteiger partial charge in [-0.15, -0.1) is 11.8 Å². The van der Waals surface area contributed by atoms with Crippen LogP contribution in [0.1, 0.15) is 25.6 Å². The summed E-state index contributed by atoms with van der Waals surface area (Å²) in [5.41, 5.74) is -0.0542. The van der Waals surface area contributed by atoms with Crippen molar-refractivity contribution in [2.45, 2.75) is 38.2 Å². The topological polar surface area (TPSA) is 174 Å². The lowest BCUT2D eigenvalue weighted by Gasteiger charge is -2.49. The van der Waals surface area contributed by atoms with E-state index in [0.29, 0.717) is 0 Å². The first-order valence-corrected chi connectivity index (χ1v) is 10.1. The van der Waals surface area contributed by atoms with E-state index in [2.05, 4.69) is 10.4 Å². The van der Waals surface area contributed by atoms with Gasteiger partial charge in [-0.1, -0.05) is 0 Å². The molecular weight excluding hydrogens is 434 g/mol. The van der Waals surface area contributed by atoms with Gasteiger partial charge in [0, 0.05) is 18.2 Å². The van der Waals surface area contributed by atoms with Gasteiger partial charge in [-0.2, -0.15) is 5.10 Å². The molecule has 2 amide bonds. The van der Waals surface area contributed by atoms with Crippen LogP contribution in [0.2, 0.25) is 0 Å². The average Bonchev–Trinajstić information content (AvgIpc) is 3.10. The van der Waals surface area contributed by atoms with Crippen LogP contribution in [0, 0.1) is 17.0 Å². The van der Waals surface area contributed by atoms with E-state index in [9.17, 15) is 34.4 Å². The van der Waals surface area contributed by atoms with Gasteiger partial charge in [-0.25, -0.2) is 4.79 Å². The number of β-lactam (4-membered cyclic amide) rings is 1. The molecule has 2 aliphatic heterocycles. The molecule has 0 aromatic carbocycles. The molecule has 2 aliphatic rings. The quantitative estimate of drug-likeness (QED) is 0.247. The minimum Gasteiger partial charge on any atom is -0.477 e. The standard InChI is InChI=1S/C17H19N5O8S/c1-7-11(22(28)29)4-20(19-7)8(2)14(24)18-12-15(25)21-13(17(26)27)10(5-30-9(3)23)6-31-16(12)21/h4,8,12,16H,5-6H2,1-3H3,(H,18,24)(H,26,27). The van der Waals surface area contributed by atoms with E-state index in [1.54, 1.807) is 0 Å². The number of rotatable bonds is 7. The number of aromatic nitrogens is 2. The van der Waals surface area contributed by atoms with Crippen molar-refractivity contribution >= 4 is 41.2 Å². The van der Waals surface area contributed by atoms with Gasteiger partial charge in [-0.05, 0) is 13.8 Å². The number of ether oxygens (including phenoxy) is 1. The van der Waals surface area contributed by atoms with Crippen molar-refractivity contribution in [1.82, 2.24) is 20.0 Å². The van der Waals surface area contributed by atoms with Crippen LogP contribution in [0.3, 0.4) is 0 Å². The van der Waals surface area contributed by atoms with E-state index in [1.807, 2.05) is 0 Å². The van der Waals surface area contributed by atoms with Gasteiger partial charge in [-0.3, -0.25) is 34.1 Å². The second-order valence-corrected chi connectivity index (χ2v) is 8.05. The van der Waals surface area contributed by atoms with Crippen LogP contribution >= 0.6 is 11.8 Å². The molecule has 13 nitrogen and oxygen atoms in total. The highest BCUT2D eigenvalue weighted by atomic mass is 32.2. The van der Waals surface area contributed by atoms with Crippen molar-refractivity contribution in [3.8, 4) is 0 Å². The summed E-state index contributed by atoms with van der Waals surface area (Å²) >= 11 is 1.23. The molecule has 0 spiro atoms. The molecule has 3 unspecified atom stereocenters. The predicted octanol–water partition coefficient (Wildman–Crippen LogP) is -0.0376. The lowest BCUT2D eigenvalue weighted by Crippen LogP contribution is -2.71. The van der Waals surface area contributed by atoms with E-state index in [4.69, 9.17) is 4.74 Å². The minimum absolute atomic E-state index is 0.148. The average molecular weight is 453 g/mol. The van der Waals surface area contributed by atoms with Crippen LogP contribution in [-0.4, -0.2) is 72.2 Å². The molecule has 166 valence electrons. The van der Waals surface area contributed by atoms with Gasteiger partial charge >= 0.3 is 17.6 Å². The van der Waals surface area contributed by atoms with Gasteiger partial charge in [0.2, 0.25) is 5.91 Å². The minimum atomic E-state index is -1.33. The van der Waals surface area contributed by atoms with Gasteiger partial charge in [0.15, 0.2) is 0 Å². The smallest absolute Gasteiger partial charge is 0.352 e. The summed E-state index contributed by atoms with van der Waals surface area (Å²) < 4.78 is 6.00. The van der Waals surface area contributed by atoms with Crippen LogP contribution in [-0.2, 0) is 23.9 Å². The Bertz CT molecular complexity index is 1020. The predicted molar refractivity (Wildman–Crippen MR) is 105 cm³/mol. The number of carbonyl (C=O) groups is 4. The van der Waals surface area contributed by atoms with Crippen molar-refractivity contribution in [3.63, 3.8) is 0 Å². The lowest BCUT2D eigenvalue weighted by atomic mass is 10.0. The Kier molecular flexibility index (Phi) is 6.01. The van der Waals surface area contributed by atoms with E-state index in [1.165, 1.54) is 32.5 Å². The van der Waals surface area contributed by atoms with Crippen molar-refractivity contribution in [3.05, 3.63) is 33.3 Å². The maximum Gasteiger partial charge on any atom is 0.352 e. The molecule has 1 saturated heterocycles. The Balaban J connectivity index is 1.73. The first-order chi connectivity index (χ1) is 14.5. The number of aryl methyl sites for hydroxylation is 1. The second-order valence-electron chi connectivity index (χ2n) is 6.95. The van der Waals surface area contributed by atoms with Gasteiger partial charge < -0.3 is 15.2 Å². The molecule has 0 aliphatic carbocycles. The fourth-order valence-corrected chi connectivity index (χ4v) is 4.55. The van der Waals surface area contributed by atoms with Gasteiger partial charge in [0.1, 0.15) is 41.7 Å². The first kappa shape index (κ1) is 22.3. The number of esters is 1. The van der Waals surface area contributed by atoms with Crippen LogP contribution < -0.4 is 5.32 Å². The van der Waals surface area contributed by atoms with Crippen molar-refractivity contribution < 1.29 is 33.9 Å². The zero-order valence-corrected chi connectivity index (χ0v) is 17.5. The summed E-state index contributed by atoms with van der Waals surface area (Å²) in [4.78, 5) is 59.4. The highest BCUT2D eigenvalue weighted by molar-refractivity contribution is 8.00. The zero-order valence-electron chi connectivity index (χ0n) is 16.7. The SMILES string of the molecule is CC(=O)OCC1=C(C(=O)O)N2C(=O)C(NC(=O)C(C)n3cc([N+](=O)[O-])c(C)n3)C2SC1. The molecule has 1 aromatic rings. The molecule has 3 rings (SSSR count). The molecular formula is C17H19N5O8S. The third-order valence-corrected chi connectivity index (χ3v) is 6.20. The van der Waals surface area contributed by atoms with Gasteiger partial charge in [0.05, 0.1) is 4.92 Å². The van der Waals surface area contributed by atoms with Crippen molar-refractivity contribution in [2.75, 3.05) is 12.4 Å². The molecule has 0 radical (unpaired) electrons. The molecule has 0 saturated carbocycles. The number of fused-ring (bicyclic) bond motifs is 1. The molecule has 3 atom stereocenters. The van der Waals surface area contributed by atoms with Crippen LogP contribution in [0.4, 0.5) is 5.69 Å². The Morgan fingerprint density at radius 1 is 1.48 bits per heavy atom. The fourth-order valence-electron chi connectivity index (χ4n) is 3.23. The lowest BCUT2D eigenvalue weighted by molar-refractivity contribution is -0.385. The highest BCUT2D eigenvalue weighted by Gasteiger charge is 2.54. The van der Waals surface area contributed by atoms with Gasteiger partial charge in [0.25, 0.3) is 5.91 Å². The Hall–Kier alpha value is -3.42. The number of carboxylic acid groups (broad SMARTS) is 1. The first-order valence-electron chi connectivity index (χ1n) is 9.06. The molecule has 3 heterocycles. The largest absolute Gasteiger partial charge is 0.477 e. The number of thioether (sulfide) groups is 1. The number of nitrogens with zero attached hydrogens (tertiary/aromatic N) is 4. The third-order valence-electron chi connectivity index (χ3n) is 4.86. The van der Waals surface area contributed by atoms with E-state index >= 15 is 0 Å². The Morgan fingerprint density at radius 2 is 2.16 bits per heavy atom. The number of nitro groups is 1. The number of amides is 2. The van der Waals surface area contributed by atoms with E-state index in [-0.39, 0.29) is 35.0 Å². The number of carbonyl (C=O) groups excluding carboxylic acids is 3. The van der Waals surface area contributed by atoms with Crippen molar-refractivity contribution in [2.24, 2.45) is 0 Å². The highest BCUT2D eigenvalue weighted by Crippen LogP contribution is 2.40. The number of nitrogens with one attached hydrogen (secondary N) is 1. The zero-order chi connectivity index (χ0) is 23.0. The van der Waals surface area contributed by atoms with E-state index in [0.717, 1.165) is 15.8 Å². The van der Waals surface area contributed by atoms with Crippen LogP contribution in [0.25, 0.3) is 0 Å². The van der Waals surface area contributed by atoms with Crippen LogP contribution in [0.5, 0.6) is 0 Å². The third kappa shape index (κ3) is 4.10. The number of hydrogen-bond donors (Lipinski definition) is 2. The number of aliphatic carboxylic acids is 1. The fraction of sp³-hybridized carbons (Fsp3) is 0.471. The summed E-state index contributed by atoms with van der Waals surface area (Å²) in [6, 6.07) is -1.90. The molecule has 1 aromatic heterocycles. The maximum absolute atomic E-state index is 12.6. The second kappa shape index (κ2) is 8.37. The number of carboxylic acids is 1.